The molecule has 3 heterocycles. The van der Waals surface area contributed by atoms with Crippen LogP contribution in [-0.2, 0) is 0 Å². The quantitative estimate of drug-likeness (QED) is 0.908. The number of nitrogens with one attached hydrogen (secondary N) is 1. The van der Waals surface area contributed by atoms with Crippen molar-refractivity contribution >= 4 is 11.5 Å². The van der Waals surface area contributed by atoms with E-state index < -0.39 is 0 Å². The zero-order valence-corrected chi connectivity index (χ0v) is 12.3. The van der Waals surface area contributed by atoms with E-state index in [1.165, 1.54) is 38.2 Å². The Morgan fingerprint density at radius 3 is 3.00 bits per heavy atom. The molecule has 2 aromatic rings. The molecule has 3 rings (SSSR count). The molecule has 108 valence electrons. The van der Waals surface area contributed by atoms with E-state index in [9.17, 15) is 0 Å². The number of pyridine rings is 1. The average Bonchev–Trinajstić information content (AvgIpc) is 2.96. The summed E-state index contributed by atoms with van der Waals surface area (Å²) >= 11 is 0. The maximum absolute atomic E-state index is 4.39. The van der Waals surface area contributed by atoms with E-state index in [1.54, 1.807) is 0 Å². The molecule has 2 aromatic heterocycles. The maximum Gasteiger partial charge on any atom is 0.138 e. The van der Waals surface area contributed by atoms with Crippen LogP contribution in [0, 0.1) is 5.92 Å². The van der Waals surface area contributed by atoms with Gasteiger partial charge in [0, 0.05) is 25.5 Å². The predicted molar refractivity (Wildman–Crippen MR) is 83.3 cm³/mol. The lowest BCUT2D eigenvalue weighted by molar-refractivity contribution is 0.372. The molecule has 0 aromatic carbocycles. The summed E-state index contributed by atoms with van der Waals surface area (Å²) in [5.74, 6) is 2.09. The lowest BCUT2D eigenvalue weighted by Gasteiger charge is -2.31. The second kappa shape index (κ2) is 6.27. The molecule has 0 saturated carbocycles. The van der Waals surface area contributed by atoms with E-state index >= 15 is 0 Å². The third-order valence-electron chi connectivity index (χ3n) is 4.16. The monoisotopic (exact) mass is 272 g/mol. The molecule has 1 saturated heterocycles. The van der Waals surface area contributed by atoms with Gasteiger partial charge in [-0.3, -0.25) is 4.40 Å². The molecule has 0 spiro atoms. The summed E-state index contributed by atoms with van der Waals surface area (Å²) in [4.78, 5) is 6.93. The molecule has 20 heavy (non-hydrogen) atoms. The normalized spacial score (nSPS) is 16.6. The van der Waals surface area contributed by atoms with Crippen LogP contribution in [0.2, 0.25) is 0 Å². The minimum absolute atomic E-state index is 0.807. The number of aromatic nitrogens is 2. The molecular formula is C16H24N4. The largest absolute Gasteiger partial charge is 0.357 e. The van der Waals surface area contributed by atoms with Gasteiger partial charge in [0.15, 0.2) is 0 Å². The smallest absolute Gasteiger partial charge is 0.138 e. The lowest BCUT2D eigenvalue weighted by Crippen LogP contribution is -2.37. The van der Waals surface area contributed by atoms with Crippen molar-refractivity contribution in [3.8, 4) is 0 Å². The molecular weight excluding hydrogens is 248 g/mol. The number of nitrogens with zero attached hydrogens (tertiary/aromatic N) is 3. The fourth-order valence-corrected chi connectivity index (χ4v) is 3.14. The molecule has 1 N–H and O–H groups in total. The first kappa shape index (κ1) is 13.4. The van der Waals surface area contributed by atoms with Crippen LogP contribution in [0.5, 0.6) is 0 Å². The number of piperidine rings is 1. The van der Waals surface area contributed by atoms with Crippen LogP contribution < -0.4 is 10.2 Å². The van der Waals surface area contributed by atoms with Gasteiger partial charge >= 0.3 is 0 Å². The third-order valence-corrected chi connectivity index (χ3v) is 4.16. The summed E-state index contributed by atoms with van der Waals surface area (Å²) in [6.07, 6.45) is 7.71. The van der Waals surface area contributed by atoms with Crippen LogP contribution >= 0.6 is 0 Å². The number of imidazole rings is 1. The Morgan fingerprint density at radius 1 is 1.35 bits per heavy atom. The summed E-state index contributed by atoms with van der Waals surface area (Å²) in [6, 6.07) is 6.40. The molecule has 4 nitrogen and oxygen atoms in total. The van der Waals surface area contributed by atoms with Crippen LogP contribution in [0.15, 0.2) is 30.6 Å². The highest BCUT2D eigenvalue weighted by molar-refractivity contribution is 5.51. The zero-order chi connectivity index (χ0) is 13.8. The number of hydrogen-bond donors (Lipinski definition) is 1. The van der Waals surface area contributed by atoms with E-state index in [-0.39, 0.29) is 0 Å². The third kappa shape index (κ3) is 2.80. The molecule has 1 fully saturated rings. The van der Waals surface area contributed by atoms with Gasteiger partial charge in [0.1, 0.15) is 11.5 Å². The molecule has 0 aliphatic carbocycles. The number of anilines is 1. The van der Waals surface area contributed by atoms with Crippen molar-refractivity contribution in [3.63, 3.8) is 0 Å². The first-order chi connectivity index (χ1) is 9.88. The van der Waals surface area contributed by atoms with Gasteiger partial charge in [0.25, 0.3) is 0 Å². The summed E-state index contributed by atoms with van der Waals surface area (Å²) in [7, 11) is 0. The molecule has 0 unspecified atom stereocenters. The van der Waals surface area contributed by atoms with Crippen molar-refractivity contribution in [1.82, 2.24) is 14.7 Å². The van der Waals surface area contributed by atoms with Gasteiger partial charge in [0.2, 0.25) is 0 Å². The van der Waals surface area contributed by atoms with Gasteiger partial charge in [-0.15, -0.1) is 0 Å². The number of fused-ring (bicyclic) bond motifs is 1. The van der Waals surface area contributed by atoms with Crippen molar-refractivity contribution in [1.29, 1.82) is 0 Å². The van der Waals surface area contributed by atoms with Crippen molar-refractivity contribution in [2.75, 3.05) is 31.1 Å². The van der Waals surface area contributed by atoms with Gasteiger partial charge in [0.05, 0.1) is 0 Å². The molecule has 1 aliphatic heterocycles. The highest BCUT2D eigenvalue weighted by Gasteiger charge is 2.18. The van der Waals surface area contributed by atoms with Gasteiger partial charge < -0.3 is 10.2 Å². The Bertz CT molecular complexity index is 542. The Balaban J connectivity index is 1.83. The Hall–Kier alpha value is -1.55. The van der Waals surface area contributed by atoms with Crippen molar-refractivity contribution in [3.05, 3.63) is 30.6 Å². The molecule has 0 radical (unpaired) electrons. The van der Waals surface area contributed by atoms with Gasteiger partial charge in [-0.05, 0) is 50.4 Å². The van der Waals surface area contributed by atoms with Crippen LogP contribution in [-0.4, -0.2) is 35.6 Å². The Labute approximate surface area is 120 Å². The lowest BCUT2D eigenvalue weighted by atomic mass is 9.97. The van der Waals surface area contributed by atoms with Gasteiger partial charge in [-0.2, -0.15) is 0 Å². The van der Waals surface area contributed by atoms with Crippen molar-refractivity contribution in [2.45, 2.75) is 26.2 Å². The van der Waals surface area contributed by atoms with Crippen LogP contribution in [0.4, 0.5) is 5.82 Å². The fraction of sp³-hybridized carbons (Fsp3) is 0.562. The van der Waals surface area contributed by atoms with Crippen molar-refractivity contribution in [2.24, 2.45) is 5.92 Å². The fourth-order valence-electron chi connectivity index (χ4n) is 3.14. The van der Waals surface area contributed by atoms with E-state index in [2.05, 4.69) is 50.9 Å². The highest BCUT2D eigenvalue weighted by atomic mass is 15.2. The first-order valence-corrected chi connectivity index (χ1v) is 7.76. The SMILES string of the molecule is CCCN(CC1CCNCC1)c1cccc2nccn12. The highest BCUT2D eigenvalue weighted by Crippen LogP contribution is 2.21. The van der Waals surface area contributed by atoms with E-state index in [0.717, 1.165) is 24.7 Å². The predicted octanol–water partition coefficient (Wildman–Crippen LogP) is 2.55. The van der Waals surface area contributed by atoms with E-state index in [4.69, 9.17) is 0 Å². The first-order valence-electron chi connectivity index (χ1n) is 7.76. The minimum atomic E-state index is 0.807. The minimum Gasteiger partial charge on any atom is -0.357 e. The van der Waals surface area contributed by atoms with Gasteiger partial charge in [-0.25, -0.2) is 4.98 Å². The molecule has 4 heteroatoms. The molecule has 0 amide bonds. The summed E-state index contributed by atoms with van der Waals surface area (Å²) in [6.45, 7) is 6.86. The number of hydrogen-bond acceptors (Lipinski definition) is 3. The molecule has 0 atom stereocenters. The second-order valence-electron chi connectivity index (χ2n) is 5.68. The van der Waals surface area contributed by atoms with Crippen LogP contribution in [0.1, 0.15) is 26.2 Å². The second-order valence-corrected chi connectivity index (χ2v) is 5.68. The average molecular weight is 272 g/mol. The standard InChI is InChI=1S/C16H24N4/c1-2-11-19(13-14-6-8-17-9-7-14)16-5-3-4-15-18-10-12-20(15)16/h3-5,10,12,14,17H,2,6-9,11,13H2,1H3. The Morgan fingerprint density at radius 2 is 2.20 bits per heavy atom. The van der Waals surface area contributed by atoms with E-state index in [0.29, 0.717) is 0 Å². The summed E-state index contributed by atoms with van der Waals surface area (Å²) in [5, 5.41) is 3.45. The molecule has 0 bridgehead atoms. The summed E-state index contributed by atoms with van der Waals surface area (Å²) in [5.41, 5.74) is 1.04. The van der Waals surface area contributed by atoms with Crippen molar-refractivity contribution < 1.29 is 0 Å². The van der Waals surface area contributed by atoms with Crippen LogP contribution in [0.25, 0.3) is 5.65 Å². The zero-order valence-electron chi connectivity index (χ0n) is 12.3. The summed E-state index contributed by atoms with van der Waals surface area (Å²) < 4.78 is 2.21. The van der Waals surface area contributed by atoms with Gasteiger partial charge in [-0.1, -0.05) is 13.0 Å². The van der Waals surface area contributed by atoms with Crippen LogP contribution in [0.3, 0.4) is 0 Å². The number of rotatable bonds is 5. The Kier molecular flexibility index (Phi) is 4.21. The maximum atomic E-state index is 4.39. The molecule has 1 aliphatic rings. The topological polar surface area (TPSA) is 32.6 Å². The van der Waals surface area contributed by atoms with E-state index in [1.807, 2.05) is 6.20 Å².